The van der Waals surface area contributed by atoms with Gasteiger partial charge in [-0.25, -0.2) is 0 Å². The number of aryl methyl sites for hydroxylation is 2. The second kappa shape index (κ2) is 7.09. The number of nitrogens with one attached hydrogen (secondary N) is 1. The predicted octanol–water partition coefficient (Wildman–Crippen LogP) is 4.40. The molecule has 0 aliphatic heterocycles. The molecular formula is C18H29N. The van der Waals surface area contributed by atoms with Crippen LogP contribution in [0, 0.1) is 19.8 Å². The fourth-order valence-corrected chi connectivity index (χ4v) is 3.64. The molecule has 19 heavy (non-hydrogen) atoms. The Bertz CT molecular complexity index is 376. The van der Waals surface area contributed by atoms with Crippen LogP contribution in [0.3, 0.4) is 0 Å². The van der Waals surface area contributed by atoms with Crippen LogP contribution in [-0.4, -0.2) is 12.6 Å². The van der Waals surface area contributed by atoms with E-state index in [1.54, 1.807) is 5.56 Å². The van der Waals surface area contributed by atoms with Crippen molar-refractivity contribution in [2.75, 3.05) is 6.54 Å². The maximum absolute atomic E-state index is 3.66. The topological polar surface area (TPSA) is 12.0 Å². The highest BCUT2D eigenvalue weighted by atomic mass is 14.9. The Morgan fingerprint density at radius 3 is 2.42 bits per heavy atom. The fourth-order valence-electron chi connectivity index (χ4n) is 3.64. The minimum atomic E-state index is 0.753. The number of hydrogen-bond donors (Lipinski definition) is 1. The Hall–Kier alpha value is -0.820. The van der Waals surface area contributed by atoms with Gasteiger partial charge in [-0.15, -0.1) is 0 Å². The summed E-state index contributed by atoms with van der Waals surface area (Å²) in [5.74, 6) is 0.868. The molecule has 1 aliphatic rings. The molecule has 1 saturated carbocycles. The highest BCUT2D eigenvalue weighted by Gasteiger charge is 2.19. The van der Waals surface area contributed by atoms with E-state index < -0.39 is 0 Å². The summed E-state index contributed by atoms with van der Waals surface area (Å²) in [6.45, 7) is 7.76. The van der Waals surface area contributed by atoms with Crippen LogP contribution in [0.15, 0.2) is 18.2 Å². The molecule has 0 radical (unpaired) electrons. The first-order chi connectivity index (χ1) is 9.17. The first-order valence-corrected chi connectivity index (χ1v) is 7.98. The standard InChI is InChI=1S/C18H29N/c1-4-19-18-8-6-5-7-16(13-18)12-17-10-14(2)9-15(3)11-17/h9-11,16,18-19H,4-8,12-13H2,1-3H3. The van der Waals surface area contributed by atoms with Crippen LogP contribution in [0.5, 0.6) is 0 Å². The van der Waals surface area contributed by atoms with Crippen molar-refractivity contribution in [2.45, 2.75) is 65.3 Å². The maximum Gasteiger partial charge on any atom is 0.00696 e. The molecule has 1 aromatic carbocycles. The first-order valence-electron chi connectivity index (χ1n) is 7.98. The lowest BCUT2D eigenvalue weighted by Crippen LogP contribution is -2.30. The number of benzene rings is 1. The normalized spacial score (nSPS) is 24.2. The zero-order valence-electron chi connectivity index (χ0n) is 12.8. The van der Waals surface area contributed by atoms with Crippen molar-refractivity contribution >= 4 is 0 Å². The van der Waals surface area contributed by atoms with Gasteiger partial charge in [-0.2, -0.15) is 0 Å². The Morgan fingerprint density at radius 1 is 1.05 bits per heavy atom. The summed E-state index contributed by atoms with van der Waals surface area (Å²) in [7, 11) is 0. The van der Waals surface area contributed by atoms with E-state index in [2.05, 4.69) is 44.3 Å². The Labute approximate surface area is 118 Å². The second-order valence-corrected chi connectivity index (χ2v) is 6.34. The van der Waals surface area contributed by atoms with Crippen molar-refractivity contribution < 1.29 is 0 Å². The van der Waals surface area contributed by atoms with Crippen LogP contribution in [-0.2, 0) is 6.42 Å². The summed E-state index contributed by atoms with van der Waals surface area (Å²) in [6.07, 6.45) is 8.23. The van der Waals surface area contributed by atoms with E-state index in [0.29, 0.717) is 0 Å². The van der Waals surface area contributed by atoms with Crippen molar-refractivity contribution in [1.82, 2.24) is 5.32 Å². The Balaban J connectivity index is 1.99. The minimum Gasteiger partial charge on any atom is -0.314 e. The third kappa shape index (κ3) is 4.65. The molecule has 2 unspecified atom stereocenters. The average molecular weight is 259 g/mol. The van der Waals surface area contributed by atoms with Crippen LogP contribution in [0.1, 0.15) is 55.7 Å². The van der Waals surface area contributed by atoms with E-state index in [0.717, 1.165) is 18.5 Å². The molecule has 1 nitrogen and oxygen atoms in total. The fraction of sp³-hybridized carbons (Fsp3) is 0.667. The summed E-state index contributed by atoms with van der Waals surface area (Å²) in [5.41, 5.74) is 4.36. The molecule has 0 heterocycles. The molecule has 106 valence electrons. The van der Waals surface area contributed by atoms with Crippen LogP contribution in [0.2, 0.25) is 0 Å². The van der Waals surface area contributed by atoms with Gasteiger partial charge in [0.05, 0.1) is 0 Å². The smallest absolute Gasteiger partial charge is 0.00696 e. The average Bonchev–Trinajstić information content (AvgIpc) is 2.53. The van der Waals surface area contributed by atoms with E-state index in [-0.39, 0.29) is 0 Å². The van der Waals surface area contributed by atoms with Crippen molar-refractivity contribution in [3.63, 3.8) is 0 Å². The van der Waals surface area contributed by atoms with E-state index in [9.17, 15) is 0 Å². The van der Waals surface area contributed by atoms with Crippen LogP contribution in [0.4, 0.5) is 0 Å². The highest BCUT2D eigenvalue weighted by molar-refractivity contribution is 5.28. The second-order valence-electron chi connectivity index (χ2n) is 6.34. The van der Waals surface area contributed by atoms with E-state index in [1.165, 1.54) is 49.7 Å². The highest BCUT2D eigenvalue weighted by Crippen LogP contribution is 2.27. The summed E-state index contributed by atoms with van der Waals surface area (Å²) < 4.78 is 0. The Kier molecular flexibility index (Phi) is 5.45. The molecule has 2 atom stereocenters. The molecule has 2 rings (SSSR count). The maximum atomic E-state index is 3.66. The van der Waals surface area contributed by atoms with Crippen molar-refractivity contribution in [3.8, 4) is 0 Å². The molecule has 0 spiro atoms. The first kappa shape index (κ1) is 14.6. The third-order valence-electron chi connectivity index (χ3n) is 4.33. The molecule has 0 aromatic heterocycles. The van der Waals surface area contributed by atoms with Crippen LogP contribution >= 0.6 is 0 Å². The molecule has 1 fully saturated rings. The zero-order valence-corrected chi connectivity index (χ0v) is 12.8. The predicted molar refractivity (Wildman–Crippen MR) is 83.7 cm³/mol. The molecular weight excluding hydrogens is 230 g/mol. The lowest BCUT2D eigenvalue weighted by Gasteiger charge is -2.21. The van der Waals surface area contributed by atoms with Gasteiger partial charge in [-0.3, -0.25) is 0 Å². The van der Waals surface area contributed by atoms with E-state index >= 15 is 0 Å². The SMILES string of the molecule is CCNC1CCCCC(Cc2cc(C)cc(C)c2)C1. The van der Waals surface area contributed by atoms with Crippen molar-refractivity contribution in [3.05, 3.63) is 34.9 Å². The van der Waals surface area contributed by atoms with E-state index in [4.69, 9.17) is 0 Å². The van der Waals surface area contributed by atoms with E-state index in [1.807, 2.05) is 0 Å². The van der Waals surface area contributed by atoms with Gasteiger partial charge in [0.25, 0.3) is 0 Å². The number of rotatable bonds is 4. The van der Waals surface area contributed by atoms with Gasteiger partial charge >= 0.3 is 0 Å². The molecule has 1 aliphatic carbocycles. The van der Waals surface area contributed by atoms with Crippen LogP contribution in [0.25, 0.3) is 0 Å². The quantitative estimate of drug-likeness (QED) is 0.790. The van der Waals surface area contributed by atoms with Crippen molar-refractivity contribution in [2.24, 2.45) is 5.92 Å². The van der Waals surface area contributed by atoms with Gasteiger partial charge in [-0.05, 0) is 51.1 Å². The molecule has 0 bridgehead atoms. The third-order valence-corrected chi connectivity index (χ3v) is 4.33. The monoisotopic (exact) mass is 259 g/mol. The molecule has 1 aromatic rings. The minimum absolute atomic E-state index is 0.753. The lowest BCUT2D eigenvalue weighted by molar-refractivity contribution is 0.389. The summed E-state index contributed by atoms with van der Waals surface area (Å²) >= 11 is 0. The van der Waals surface area contributed by atoms with Gasteiger partial charge in [-0.1, -0.05) is 55.5 Å². The van der Waals surface area contributed by atoms with Gasteiger partial charge in [0.2, 0.25) is 0 Å². The molecule has 1 heteroatoms. The van der Waals surface area contributed by atoms with Gasteiger partial charge < -0.3 is 5.32 Å². The summed E-state index contributed by atoms with van der Waals surface area (Å²) in [6, 6.07) is 7.78. The lowest BCUT2D eigenvalue weighted by atomic mass is 9.90. The zero-order chi connectivity index (χ0) is 13.7. The van der Waals surface area contributed by atoms with Crippen LogP contribution < -0.4 is 5.32 Å². The molecule has 0 amide bonds. The Morgan fingerprint density at radius 2 is 1.74 bits per heavy atom. The van der Waals surface area contributed by atoms with Gasteiger partial charge in [0, 0.05) is 6.04 Å². The number of hydrogen-bond acceptors (Lipinski definition) is 1. The largest absolute Gasteiger partial charge is 0.314 e. The van der Waals surface area contributed by atoms with Gasteiger partial charge in [0.1, 0.15) is 0 Å². The molecule has 1 N–H and O–H groups in total. The summed E-state index contributed by atoms with van der Waals surface area (Å²) in [4.78, 5) is 0. The summed E-state index contributed by atoms with van der Waals surface area (Å²) in [5, 5.41) is 3.66. The van der Waals surface area contributed by atoms with Gasteiger partial charge in [0.15, 0.2) is 0 Å². The van der Waals surface area contributed by atoms with Crippen molar-refractivity contribution in [1.29, 1.82) is 0 Å². The molecule has 0 saturated heterocycles.